The monoisotopic (exact) mass is 369 g/mol. The number of hydrogen-bond donors (Lipinski definition) is 4. The van der Waals surface area contributed by atoms with Gasteiger partial charge in [-0.2, -0.15) is 0 Å². The first-order valence-electron chi connectivity index (χ1n) is 8.04. The average Bonchev–Trinajstić information content (AvgIpc) is 2.54. The summed E-state index contributed by atoms with van der Waals surface area (Å²) in [5.74, 6) is -0.405. The van der Waals surface area contributed by atoms with E-state index in [0.717, 1.165) is 25.7 Å². The molecule has 0 radical (unpaired) electrons. The number of esters is 1. The lowest BCUT2D eigenvalue weighted by Gasteiger charge is -2.27. The van der Waals surface area contributed by atoms with Gasteiger partial charge in [-0.15, -0.1) is 12.4 Å². The number of guanidine groups is 1. The average molecular weight is 370 g/mol. The summed E-state index contributed by atoms with van der Waals surface area (Å²) in [5, 5.41) is 18.7. The third-order valence-corrected chi connectivity index (χ3v) is 4.26. The number of carbonyl (C=O) groups excluding carboxylic acids is 1. The lowest BCUT2D eigenvalue weighted by molar-refractivity contribution is -0.140. The molecule has 1 saturated carbocycles. The van der Waals surface area contributed by atoms with Crippen LogP contribution in [0.25, 0.3) is 0 Å². The summed E-state index contributed by atoms with van der Waals surface area (Å²) in [7, 11) is 0. The van der Waals surface area contributed by atoms with Crippen LogP contribution in [0.4, 0.5) is 0 Å². The van der Waals surface area contributed by atoms with E-state index in [-0.39, 0.29) is 36.7 Å². The molecule has 0 aliphatic heterocycles. The van der Waals surface area contributed by atoms with Crippen molar-refractivity contribution in [3.8, 4) is 5.75 Å². The van der Waals surface area contributed by atoms with E-state index in [9.17, 15) is 9.59 Å². The molecular weight excluding hydrogens is 346 g/mol. The smallest absolute Gasteiger partial charge is 0.314 e. The van der Waals surface area contributed by atoms with Crippen LogP contribution in [0.5, 0.6) is 5.75 Å². The summed E-state index contributed by atoms with van der Waals surface area (Å²) in [6.07, 6.45) is 3.28. The fourth-order valence-electron chi connectivity index (χ4n) is 2.91. The second-order valence-corrected chi connectivity index (χ2v) is 6.15. The van der Waals surface area contributed by atoms with Gasteiger partial charge in [0.05, 0.1) is 12.3 Å². The number of halogens is 1. The second-order valence-electron chi connectivity index (χ2n) is 6.15. The van der Waals surface area contributed by atoms with Gasteiger partial charge in [-0.05, 0) is 49.3 Å². The van der Waals surface area contributed by atoms with Crippen LogP contribution in [0.15, 0.2) is 24.3 Å². The number of rotatable bonds is 6. The molecule has 25 heavy (non-hydrogen) atoms. The lowest BCUT2D eigenvalue weighted by Crippen LogP contribution is -2.36. The van der Waals surface area contributed by atoms with E-state index < -0.39 is 5.97 Å². The minimum atomic E-state index is -0.893. The van der Waals surface area contributed by atoms with E-state index in [1.165, 1.54) is 0 Å². The molecule has 0 saturated heterocycles. The quantitative estimate of drug-likeness (QED) is 0.263. The molecule has 0 bridgehead atoms. The molecule has 1 aliphatic rings. The Balaban J connectivity index is 0.00000312. The number of carboxylic acids is 1. The Labute approximate surface area is 152 Å². The van der Waals surface area contributed by atoms with Crippen molar-refractivity contribution in [2.75, 3.05) is 6.54 Å². The van der Waals surface area contributed by atoms with Crippen molar-refractivity contribution in [2.45, 2.75) is 32.1 Å². The maximum absolute atomic E-state index is 12.2. The Morgan fingerprint density at radius 1 is 1.20 bits per heavy atom. The Hall–Kier alpha value is -2.28. The van der Waals surface area contributed by atoms with Crippen LogP contribution >= 0.6 is 12.4 Å². The topological polar surface area (TPSA) is 126 Å². The first kappa shape index (κ1) is 20.8. The molecule has 0 heterocycles. The van der Waals surface area contributed by atoms with Gasteiger partial charge in [-0.1, -0.05) is 12.1 Å². The normalized spacial score (nSPS) is 19.4. The number of carbonyl (C=O) groups is 2. The van der Waals surface area contributed by atoms with Crippen LogP contribution in [-0.2, 0) is 16.0 Å². The zero-order valence-corrected chi connectivity index (χ0v) is 14.7. The molecule has 5 N–H and O–H groups in total. The van der Waals surface area contributed by atoms with Crippen molar-refractivity contribution in [2.24, 2.45) is 17.6 Å². The van der Waals surface area contributed by atoms with E-state index in [0.29, 0.717) is 23.8 Å². The predicted molar refractivity (Wildman–Crippen MR) is 96.0 cm³/mol. The highest BCUT2D eigenvalue weighted by molar-refractivity contribution is 5.85. The Bertz CT molecular complexity index is 598. The predicted octanol–water partition coefficient (Wildman–Crippen LogP) is 1.93. The van der Waals surface area contributed by atoms with E-state index in [2.05, 4.69) is 5.32 Å². The molecule has 2 rings (SSSR count). The molecule has 1 aromatic rings. The van der Waals surface area contributed by atoms with Gasteiger partial charge in [0.25, 0.3) is 0 Å². The number of aliphatic carboxylic acids is 1. The fourth-order valence-corrected chi connectivity index (χ4v) is 2.91. The number of hydrogen-bond acceptors (Lipinski definition) is 4. The van der Waals surface area contributed by atoms with E-state index in [4.69, 9.17) is 21.0 Å². The van der Waals surface area contributed by atoms with Crippen LogP contribution in [-0.4, -0.2) is 29.5 Å². The molecular formula is C17H24ClN3O4. The van der Waals surface area contributed by atoms with Crippen LogP contribution in [0.2, 0.25) is 0 Å². The number of ether oxygens (including phenoxy) is 1. The summed E-state index contributed by atoms with van der Waals surface area (Å²) in [4.78, 5) is 22.9. The molecule has 0 aromatic heterocycles. The SMILES string of the molecule is Cl.N=C(N)NC[C@H]1CC[C@H](C(=O)Oc2ccc(CC(=O)O)cc2)CC1. The van der Waals surface area contributed by atoms with Crippen molar-refractivity contribution >= 4 is 30.3 Å². The molecule has 0 atom stereocenters. The largest absolute Gasteiger partial charge is 0.481 e. The standard InChI is InChI=1S/C17H23N3O4.ClH/c18-17(19)20-10-12-1-5-13(6-2-12)16(23)24-14-7-3-11(4-8-14)9-15(21)22;/h3-4,7-8,12-13H,1-2,5-6,9-10H2,(H,21,22)(H4,18,19,20);1H/t12-,13-;. The minimum absolute atomic E-state index is 0. The van der Waals surface area contributed by atoms with Crippen molar-refractivity contribution in [1.82, 2.24) is 5.32 Å². The van der Waals surface area contributed by atoms with Crippen molar-refractivity contribution in [1.29, 1.82) is 5.41 Å². The summed E-state index contributed by atoms with van der Waals surface area (Å²) >= 11 is 0. The first-order valence-corrected chi connectivity index (χ1v) is 8.04. The van der Waals surface area contributed by atoms with Gasteiger partial charge < -0.3 is 20.9 Å². The summed E-state index contributed by atoms with van der Waals surface area (Å²) in [6.45, 7) is 0.669. The lowest BCUT2D eigenvalue weighted by atomic mass is 9.82. The molecule has 7 nitrogen and oxygen atoms in total. The van der Waals surface area contributed by atoms with Gasteiger partial charge >= 0.3 is 11.9 Å². The van der Waals surface area contributed by atoms with Gasteiger partial charge in [0.15, 0.2) is 5.96 Å². The van der Waals surface area contributed by atoms with Gasteiger partial charge in [0.1, 0.15) is 5.75 Å². The second kappa shape index (κ2) is 9.88. The van der Waals surface area contributed by atoms with E-state index in [1.807, 2.05) is 0 Å². The molecule has 0 amide bonds. The molecule has 0 unspecified atom stereocenters. The van der Waals surface area contributed by atoms with Crippen molar-refractivity contribution < 1.29 is 19.4 Å². The molecule has 138 valence electrons. The maximum Gasteiger partial charge on any atom is 0.314 e. The van der Waals surface area contributed by atoms with E-state index >= 15 is 0 Å². The third-order valence-electron chi connectivity index (χ3n) is 4.26. The number of benzene rings is 1. The Kier molecular flexibility index (Phi) is 8.21. The molecule has 8 heteroatoms. The molecule has 0 spiro atoms. The number of carboxylic acid groups (broad SMARTS) is 1. The fraction of sp³-hybridized carbons (Fsp3) is 0.471. The molecule has 1 aliphatic carbocycles. The minimum Gasteiger partial charge on any atom is -0.481 e. The van der Waals surface area contributed by atoms with Crippen LogP contribution in [0.3, 0.4) is 0 Å². The van der Waals surface area contributed by atoms with E-state index in [1.54, 1.807) is 24.3 Å². The van der Waals surface area contributed by atoms with Gasteiger partial charge in [-0.25, -0.2) is 0 Å². The zero-order valence-electron chi connectivity index (χ0n) is 13.9. The highest BCUT2D eigenvalue weighted by atomic mass is 35.5. The first-order chi connectivity index (χ1) is 11.4. The Morgan fingerprint density at radius 2 is 1.80 bits per heavy atom. The van der Waals surface area contributed by atoms with Gasteiger partial charge in [0.2, 0.25) is 0 Å². The summed E-state index contributed by atoms with van der Waals surface area (Å²) < 4.78 is 5.39. The molecule has 1 aromatic carbocycles. The highest BCUT2D eigenvalue weighted by Crippen LogP contribution is 2.29. The van der Waals surface area contributed by atoms with Crippen molar-refractivity contribution in [3.63, 3.8) is 0 Å². The Morgan fingerprint density at radius 3 is 2.32 bits per heavy atom. The summed E-state index contributed by atoms with van der Waals surface area (Å²) in [6, 6.07) is 6.55. The third kappa shape index (κ3) is 7.01. The van der Waals surface area contributed by atoms with Crippen molar-refractivity contribution in [3.05, 3.63) is 29.8 Å². The van der Waals surface area contributed by atoms with Gasteiger partial charge in [-0.3, -0.25) is 15.0 Å². The van der Waals surface area contributed by atoms with Crippen LogP contribution < -0.4 is 15.8 Å². The zero-order chi connectivity index (χ0) is 17.5. The number of nitrogens with two attached hydrogens (primary N) is 1. The highest BCUT2D eigenvalue weighted by Gasteiger charge is 2.27. The molecule has 1 fully saturated rings. The van der Waals surface area contributed by atoms with Crippen LogP contribution in [0.1, 0.15) is 31.2 Å². The van der Waals surface area contributed by atoms with Gasteiger partial charge in [0, 0.05) is 6.54 Å². The maximum atomic E-state index is 12.2. The summed E-state index contributed by atoms with van der Waals surface area (Å²) in [5.41, 5.74) is 5.94. The number of nitrogens with one attached hydrogen (secondary N) is 2. The van der Waals surface area contributed by atoms with Crippen LogP contribution in [0, 0.1) is 17.2 Å².